The van der Waals surface area contributed by atoms with Gasteiger partial charge in [0.1, 0.15) is 6.04 Å². The van der Waals surface area contributed by atoms with Gasteiger partial charge in [0, 0.05) is 24.7 Å². The van der Waals surface area contributed by atoms with Gasteiger partial charge in [-0.2, -0.15) is 0 Å². The van der Waals surface area contributed by atoms with Crippen molar-refractivity contribution in [2.75, 3.05) is 32.1 Å². The summed E-state index contributed by atoms with van der Waals surface area (Å²) in [5.41, 5.74) is 3.29. The molecule has 206 valence electrons. The van der Waals surface area contributed by atoms with Crippen LogP contribution in [-0.2, 0) is 20.7 Å². The monoisotopic (exact) mass is 532 g/mol. The minimum Gasteiger partial charge on any atom is -0.465 e. The first kappa shape index (κ1) is 26.7. The Morgan fingerprint density at radius 3 is 2.38 bits per heavy atom. The average molecular weight is 533 g/mol. The van der Waals surface area contributed by atoms with E-state index in [9.17, 15) is 19.2 Å². The van der Waals surface area contributed by atoms with Gasteiger partial charge in [0.25, 0.3) is 0 Å². The van der Waals surface area contributed by atoms with Gasteiger partial charge in [0.2, 0.25) is 11.8 Å². The van der Waals surface area contributed by atoms with E-state index in [0.717, 1.165) is 50.5 Å². The van der Waals surface area contributed by atoms with Crippen LogP contribution in [0, 0.1) is 5.92 Å². The molecular formula is C30H36N4O5. The minimum absolute atomic E-state index is 0.0233. The zero-order chi connectivity index (χ0) is 27.4. The van der Waals surface area contributed by atoms with Gasteiger partial charge >= 0.3 is 12.0 Å². The first-order valence-electron chi connectivity index (χ1n) is 13.9. The fourth-order valence-electron chi connectivity index (χ4n) is 6.04. The van der Waals surface area contributed by atoms with E-state index in [0.29, 0.717) is 24.3 Å². The van der Waals surface area contributed by atoms with Crippen LogP contribution < -0.4 is 10.6 Å². The van der Waals surface area contributed by atoms with Crippen molar-refractivity contribution >= 4 is 29.5 Å². The maximum atomic E-state index is 13.8. The topological polar surface area (TPSA) is 108 Å². The lowest BCUT2D eigenvalue weighted by molar-refractivity contribution is -0.146. The first-order chi connectivity index (χ1) is 18.9. The molecule has 2 aliphatic carbocycles. The normalized spacial score (nSPS) is 21.2. The Morgan fingerprint density at radius 2 is 1.64 bits per heavy atom. The Bertz CT molecular complexity index is 1220. The second-order valence-corrected chi connectivity index (χ2v) is 10.6. The number of urea groups is 1. The third kappa shape index (κ3) is 5.92. The van der Waals surface area contributed by atoms with Crippen molar-refractivity contribution in [1.29, 1.82) is 0 Å². The van der Waals surface area contributed by atoms with Crippen molar-refractivity contribution in [3.63, 3.8) is 0 Å². The lowest BCUT2D eigenvalue weighted by Crippen LogP contribution is -2.63. The smallest absolute Gasteiger partial charge is 0.337 e. The van der Waals surface area contributed by atoms with Crippen LogP contribution in [0.5, 0.6) is 0 Å². The summed E-state index contributed by atoms with van der Waals surface area (Å²) in [5, 5.41) is 6.07. The summed E-state index contributed by atoms with van der Waals surface area (Å²) >= 11 is 0. The molecule has 9 heteroatoms. The number of ether oxygens (including phenoxy) is 1. The minimum atomic E-state index is -0.756. The number of hydrogen-bond acceptors (Lipinski definition) is 5. The molecule has 2 aromatic carbocycles. The van der Waals surface area contributed by atoms with E-state index < -0.39 is 12.0 Å². The molecule has 1 saturated carbocycles. The standard InChI is InChI=1S/C30H36N4O5/c1-39-29(37)22-13-15-23(16-14-22)31-30(38)33-17-18-34(28(36)21-8-2-3-9-21)26(19-33)27(35)32-25-12-6-10-20-7-4-5-11-24(20)25/h4-5,7,11,13-16,21,25-26H,2-3,6,8-10,12,17-19H2,1H3,(H,31,38)(H,32,35). The van der Waals surface area contributed by atoms with Crippen LogP contribution in [0.2, 0.25) is 0 Å². The summed E-state index contributed by atoms with van der Waals surface area (Å²) in [6, 6.07) is 13.4. The SMILES string of the molecule is COC(=O)c1ccc(NC(=O)N2CCN(C(=O)C3CCCC3)C(C(=O)NC3CCCc4ccccc43)C2)cc1. The molecule has 2 fully saturated rings. The number of nitrogens with zero attached hydrogens (tertiary/aromatic N) is 2. The average Bonchev–Trinajstić information content (AvgIpc) is 3.52. The van der Waals surface area contributed by atoms with Crippen LogP contribution in [0.15, 0.2) is 48.5 Å². The second-order valence-electron chi connectivity index (χ2n) is 10.6. The Hall–Kier alpha value is -3.88. The molecule has 1 aliphatic heterocycles. The van der Waals surface area contributed by atoms with Crippen molar-refractivity contribution in [3.8, 4) is 0 Å². The number of amides is 4. The molecule has 0 bridgehead atoms. The van der Waals surface area contributed by atoms with Gasteiger partial charge in [-0.15, -0.1) is 0 Å². The zero-order valence-corrected chi connectivity index (χ0v) is 22.4. The van der Waals surface area contributed by atoms with Gasteiger partial charge in [0.15, 0.2) is 0 Å². The Kier molecular flexibility index (Phi) is 8.14. The van der Waals surface area contributed by atoms with E-state index in [1.54, 1.807) is 34.1 Å². The molecule has 9 nitrogen and oxygen atoms in total. The van der Waals surface area contributed by atoms with Crippen LogP contribution in [0.3, 0.4) is 0 Å². The maximum Gasteiger partial charge on any atom is 0.337 e. The summed E-state index contributed by atoms with van der Waals surface area (Å²) in [6.45, 7) is 0.759. The Balaban J connectivity index is 1.30. The van der Waals surface area contributed by atoms with Gasteiger partial charge in [-0.3, -0.25) is 9.59 Å². The zero-order valence-electron chi connectivity index (χ0n) is 22.4. The number of benzene rings is 2. The highest BCUT2D eigenvalue weighted by molar-refractivity contribution is 5.94. The molecule has 1 heterocycles. The number of nitrogens with one attached hydrogen (secondary N) is 2. The predicted octanol–water partition coefficient (Wildman–Crippen LogP) is 3.90. The quantitative estimate of drug-likeness (QED) is 0.568. The van der Waals surface area contributed by atoms with Crippen LogP contribution in [0.25, 0.3) is 0 Å². The van der Waals surface area contributed by atoms with E-state index in [1.165, 1.54) is 12.7 Å². The van der Waals surface area contributed by atoms with Gasteiger partial charge in [-0.1, -0.05) is 37.1 Å². The van der Waals surface area contributed by atoms with E-state index in [2.05, 4.69) is 22.8 Å². The summed E-state index contributed by atoms with van der Waals surface area (Å²) in [7, 11) is 1.31. The van der Waals surface area contributed by atoms with Gasteiger partial charge in [-0.25, -0.2) is 9.59 Å². The molecule has 2 unspecified atom stereocenters. The maximum absolute atomic E-state index is 13.8. The summed E-state index contributed by atoms with van der Waals surface area (Å²) in [6.07, 6.45) is 6.59. The van der Waals surface area contributed by atoms with Crippen molar-refractivity contribution in [2.45, 2.75) is 57.0 Å². The highest BCUT2D eigenvalue weighted by Gasteiger charge is 2.40. The third-order valence-electron chi connectivity index (χ3n) is 8.20. The lowest BCUT2D eigenvalue weighted by Gasteiger charge is -2.42. The molecule has 0 spiro atoms. The van der Waals surface area contributed by atoms with E-state index in [4.69, 9.17) is 4.74 Å². The lowest BCUT2D eigenvalue weighted by atomic mass is 9.87. The number of carbonyl (C=O) groups is 4. The van der Waals surface area contributed by atoms with Crippen molar-refractivity contribution in [1.82, 2.24) is 15.1 Å². The Labute approximate surface area is 228 Å². The highest BCUT2D eigenvalue weighted by Crippen LogP contribution is 2.31. The molecule has 3 aliphatic rings. The van der Waals surface area contributed by atoms with Crippen LogP contribution in [-0.4, -0.2) is 66.4 Å². The number of esters is 1. The number of rotatable bonds is 5. The Morgan fingerprint density at radius 1 is 0.897 bits per heavy atom. The van der Waals surface area contributed by atoms with Crippen LogP contribution in [0.1, 0.15) is 66.1 Å². The van der Waals surface area contributed by atoms with Crippen molar-refractivity contribution in [2.24, 2.45) is 5.92 Å². The molecular weight excluding hydrogens is 496 g/mol. The number of methoxy groups -OCH3 is 1. The molecule has 2 aromatic rings. The summed E-state index contributed by atoms with van der Waals surface area (Å²) < 4.78 is 4.72. The molecule has 39 heavy (non-hydrogen) atoms. The fourth-order valence-corrected chi connectivity index (χ4v) is 6.04. The number of fused-ring (bicyclic) bond motifs is 1. The third-order valence-corrected chi connectivity index (χ3v) is 8.20. The van der Waals surface area contributed by atoms with E-state index in [-0.39, 0.29) is 36.3 Å². The molecule has 4 amide bonds. The van der Waals surface area contributed by atoms with E-state index in [1.807, 2.05) is 12.1 Å². The molecule has 0 radical (unpaired) electrons. The van der Waals surface area contributed by atoms with Crippen LogP contribution in [0.4, 0.5) is 10.5 Å². The number of hydrogen-bond donors (Lipinski definition) is 2. The molecule has 5 rings (SSSR count). The van der Waals surface area contributed by atoms with Gasteiger partial charge < -0.3 is 25.2 Å². The molecule has 1 saturated heterocycles. The van der Waals surface area contributed by atoms with Gasteiger partial charge in [-0.05, 0) is 67.5 Å². The predicted molar refractivity (Wildman–Crippen MR) is 146 cm³/mol. The van der Waals surface area contributed by atoms with Crippen molar-refractivity contribution < 1.29 is 23.9 Å². The van der Waals surface area contributed by atoms with Crippen molar-refractivity contribution in [3.05, 3.63) is 65.2 Å². The van der Waals surface area contributed by atoms with Gasteiger partial charge in [0.05, 0.1) is 25.3 Å². The molecule has 0 aromatic heterocycles. The van der Waals surface area contributed by atoms with Crippen LogP contribution >= 0.6 is 0 Å². The largest absolute Gasteiger partial charge is 0.465 e. The summed E-state index contributed by atoms with van der Waals surface area (Å²) in [4.78, 5) is 55.4. The molecule has 2 atom stereocenters. The number of aryl methyl sites for hydroxylation is 1. The second kappa shape index (κ2) is 11.9. The number of carbonyl (C=O) groups excluding carboxylic acids is 4. The summed E-state index contributed by atoms with van der Waals surface area (Å²) in [5.74, 6) is -0.701. The number of anilines is 1. The number of piperazine rings is 1. The van der Waals surface area contributed by atoms with E-state index >= 15 is 0 Å². The molecule has 2 N–H and O–H groups in total. The first-order valence-corrected chi connectivity index (χ1v) is 13.9. The fraction of sp³-hybridized carbons (Fsp3) is 0.467. The highest BCUT2D eigenvalue weighted by atomic mass is 16.5.